The third-order valence-corrected chi connectivity index (χ3v) is 2.55. The Labute approximate surface area is 110 Å². The molecule has 0 aliphatic rings. The fourth-order valence-corrected chi connectivity index (χ4v) is 1.66. The average Bonchev–Trinajstić information content (AvgIpc) is 2.29. The van der Waals surface area contributed by atoms with Crippen molar-refractivity contribution in [2.45, 2.75) is 13.0 Å². The SMILES string of the molecule is C[C@H](O)CNCCNc1c(Cl)cccc1[N+](=O)[O-]. The Balaban J connectivity index is 2.53. The first-order valence-electron chi connectivity index (χ1n) is 5.58. The van der Waals surface area contributed by atoms with Crippen LogP contribution in [-0.4, -0.2) is 35.8 Å². The maximum absolute atomic E-state index is 10.8. The van der Waals surface area contributed by atoms with E-state index in [4.69, 9.17) is 16.7 Å². The molecule has 0 heterocycles. The molecule has 3 N–H and O–H groups in total. The summed E-state index contributed by atoms with van der Waals surface area (Å²) in [5.41, 5.74) is 0.279. The van der Waals surface area contributed by atoms with Crippen molar-refractivity contribution >= 4 is 23.0 Å². The van der Waals surface area contributed by atoms with Crippen LogP contribution in [0.3, 0.4) is 0 Å². The van der Waals surface area contributed by atoms with Gasteiger partial charge in [-0.1, -0.05) is 17.7 Å². The molecular weight excluding hydrogens is 258 g/mol. The molecule has 0 bridgehead atoms. The maximum atomic E-state index is 10.8. The van der Waals surface area contributed by atoms with Gasteiger partial charge in [-0.2, -0.15) is 0 Å². The van der Waals surface area contributed by atoms with Crippen molar-refractivity contribution in [1.82, 2.24) is 5.32 Å². The zero-order valence-electron chi connectivity index (χ0n) is 10.0. The molecule has 1 atom stereocenters. The van der Waals surface area contributed by atoms with Crippen LogP contribution in [0.25, 0.3) is 0 Å². The van der Waals surface area contributed by atoms with E-state index >= 15 is 0 Å². The Morgan fingerprint density at radius 3 is 2.83 bits per heavy atom. The molecule has 0 amide bonds. The van der Waals surface area contributed by atoms with Gasteiger partial charge in [0, 0.05) is 25.7 Å². The molecule has 0 saturated carbocycles. The molecule has 0 fully saturated rings. The van der Waals surface area contributed by atoms with Gasteiger partial charge in [-0.3, -0.25) is 10.1 Å². The third kappa shape index (κ3) is 4.48. The van der Waals surface area contributed by atoms with Gasteiger partial charge in [0.2, 0.25) is 0 Å². The second kappa shape index (κ2) is 7.15. The van der Waals surface area contributed by atoms with E-state index in [1.54, 1.807) is 13.0 Å². The molecule has 6 nitrogen and oxygen atoms in total. The smallest absolute Gasteiger partial charge is 0.293 e. The van der Waals surface area contributed by atoms with E-state index in [2.05, 4.69) is 10.6 Å². The van der Waals surface area contributed by atoms with Crippen LogP contribution in [0.4, 0.5) is 11.4 Å². The fourth-order valence-electron chi connectivity index (χ4n) is 1.43. The van der Waals surface area contributed by atoms with Gasteiger partial charge >= 0.3 is 0 Å². The summed E-state index contributed by atoms with van der Waals surface area (Å²) in [5.74, 6) is 0. The lowest BCUT2D eigenvalue weighted by molar-refractivity contribution is -0.383. The Hall–Kier alpha value is -1.37. The molecule has 0 aliphatic heterocycles. The second-order valence-corrected chi connectivity index (χ2v) is 4.28. The predicted molar refractivity (Wildman–Crippen MR) is 71.1 cm³/mol. The van der Waals surface area contributed by atoms with Crippen molar-refractivity contribution in [1.29, 1.82) is 0 Å². The van der Waals surface area contributed by atoms with Gasteiger partial charge in [0.1, 0.15) is 5.69 Å². The van der Waals surface area contributed by atoms with Crippen molar-refractivity contribution in [2.24, 2.45) is 0 Å². The van der Waals surface area contributed by atoms with E-state index in [1.165, 1.54) is 12.1 Å². The number of aliphatic hydroxyl groups is 1. The van der Waals surface area contributed by atoms with Gasteiger partial charge in [-0.15, -0.1) is 0 Å². The number of rotatable bonds is 7. The van der Waals surface area contributed by atoms with E-state index in [0.717, 1.165) is 0 Å². The molecule has 0 spiro atoms. The maximum Gasteiger partial charge on any atom is 0.293 e. The first-order chi connectivity index (χ1) is 8.52. The first kappa shape index (κ1) is 14.7. The van der Waals surface area contributed by atoms with Crippen LogP contribution in [0, 0.1) is 10.1 Å². The van der Waals surface area contributed by atoms with Gasteiger partial charge in [0.25, 0.3) is 5.69 Å². The minimum Gasteiger partial charge on any atom is -0.392 e. The quantitative estimate of drug-likeness (QED) is 0.399. The predicted octanol–water partition coefficient (Wildman–Crippen LogP) is 1.63. The summed E-state index contributed by atoms with van der Waals surface area (Å²) in [4.78, 5) is 10.3. The molecule has 0 unspecified atom stereocenters. The minimum absolute atomic E-state index is 0.0435. The van der Waals surface area contributed by atoms with Crippen LogP contribution < -0.4 is 10.6 Å². The Morgan fingerprint density at radius 2 is 2.22 bits per heavy atom. The Morgan fingerprint density at radius 1 is 1.50 bits per heavy atom. The highest BCUT2D eigenvalue weighted by Crippen LogP contribution is 2.31. The number of nitrogens with zero attached hydrogens (tertiary/aromatic N) is 1. The molecule has 100 valence electrons. The van der Waals surface area contributed by atoms with Crippen LogP contribution in [0.5, 0.6) is 0 Å². The molecule has 0 saturated heterocycles. The van der Waals surface area contributed by atoms with E-state index in [0.29, 0.717) is 30.3 Å². The summed E-state index contributed by atoms with van der Waals surface area (Å²) in [6, 6.07) is 4.54. The van der Waals surface area contributed by atoms with E-state index < -0.39 is 11.0 Å². The summed E-state index contributed by atoms with van der Waals surface area (Å²) >= 11 is 5.91. The van der Waals surface area contributed by atoms with Gasteiger partial charge in [0.15, 0.2) is 0 Å². The highest BCUT2D eigenvalue weighted by molar-refractivity contribution is 6.33. The molecule has 0 aliphatic carbocycles. The number of benzene rings is 1. The molecule has 7 heteroatoms. The number of anilines is 1. The van der Waals surface area contributed by atoms with Crippen LogP contribution >= 0.6 is 11.6 Å². The number of hydrogen-bond acceptors (Lipinski definition) is 5. The van der Waals surface area contributed by atoms with Gasteiger partial charge in [-0.05, 0) is 13.0 Å². The topological polar surface area (TPSA) is 87.4 Å². The zero-order chi connectivity index (χ0) is 13.5. The van der Waals surface area contributed by atoms with Crippen molar-refractivity contribution < 1.29 is 10.0 Å². The van der Waals surface area contributed by atoms with Crippen LogP contribution in [0.2, 0.25) is 5.02 Å². The van der Waals surface area contributed by atoms with Crippen molar-refractivity contribution in [3.8, 4) is 0 Å². The number of para-hydroxylation sites is 1. The largest absolute Gasteiger partial charge is 0.392 e. The summed E-state index contributed by atoms with van der Waals surface area (Å²) in [6.07, 6.45) is -0.417. The third-order valence-electron chi connectivity index (χ3n) is 2.23. The number of nitro benzene ring substituents is 1. The van der Waals surface area contributed by atoms with E-state index in [1.807, 2.05) is 0 Å². The number of nitro groups is 1. The molecular formula is C11H16ClN3O3. The van der Waals surface area contributed by atoms with Crippen LogP contribution in [0.1, 0.15) is 6.92 Å². The number of hydrogen-bond donors (Lipinski definition) is 3. The van der Waals surface area contributed by atoms with Crippen molar-refractivity contribution in [3.63, 3.8) is 0 Å². The number of halogens is 1. The van der Waals surface area contributed by atoms with Gasteiger partial charge in [-0.25, -0.2) is 0 Å². The molecule has 0 aromatic heterocycles. The molecule has 18 heavy (non-hydrogen) atoms. The minimum atomic E-state index is -0.475. The summed E-state index contributed by atoms with van der Waals surface area (Å²) in [6.45, 7) is 3.22. The van der Waals surface area contributed by atoms with Gasteiger partial charge < -0.3 is 15.7 Å². The molecule has 1 aromatic rings. The normalized spacial score (nSPS) is 12.2. The van der Waals surface area contributed by atoms with Crippen LogP contribution in [-0.2, 0) is 0 Å². The highest BCUT2D eigenvalue weighted by atomic mass is 35.5. The highest BCUT2D eigenvalue weighted by Gasteiger charge is 2.15. The molecule has 0 radical (unpaired) electrons. The van der Waals surface area contributed by atoms with Crippen molar-refractivity contribution in [2.75, 3.05) is 25.0 Å². The Bertz CT molecular complexity index is 413. The summed E-state index contributed by atoms with van der Waals surface area (Å²) < 4.78 is 0. The lowest BCUT2D eigenvalue weighted by atomic mass is 10.2. The number of aliphatic hydroxyl groups excluding tert-OH is 1. The fraction of sp³-hybridized carbons (Fsp3) is 0.455. The number of nitrogens with one attached hydrogen (secondary N) is 2. The average molecular weight is 274 g/mol. The molecule has 1 rings (SSSR count). The lowest BCUT2D eigenvalue weighted by Crippen LogP contribution is -2.29. The summed E-state index contributed by atoms with van der Waals surface area (Å²) in [5, 5.41) is 26.1. The lowest BCUT2D eigenvalue weighted by Gasteiger charge is -2.10. The van der Waals surface area contributed by atoms with E-state index in [9.17, 15) is 10.1 Å². The standard InChI is InChI=1S/C11H16ClN3O3/c1-8(16)7-13-5-6-14-11-9(12)3-2-4-10(11)15(17)18/h2-4,8,13-14,16H,5-7H2,1H3/t8-/m0/s1. The van der Waals surface area contributed by atoms with Crippen molar-refractivity contribution in [3.05, 3.63) is 33.3 Å². The Kier molecular flexibility index (Phi) is 5.84. The van der Waals surface area contributed by atoms with E-state index in [-0.39, 0.29) is 5.69 Å². The monoisotopic (exact) mass is 273 g/mol. The van der Waals surface area contributed by atoms with Gasteiger partial charge in [0.05, 0.1) is 16.0 Å². The van der Waals surface area contributed by atoms with Crippen LogP contribution in [0.15, 0.2) is 18.2 Å². The first-order valence-corrected chi connectivity index (χ1v) is 5.95. The molecule has 1 aromatic carbocycles. The zero-order valence-corrected chi connectivity index (χ0v) is 10.8. The second-order valence-electron chi connectivity index (χ2n) is 3.87. The summed E-state index contributed by atoms with van der Waals surface area (Å²) in [7, 11) is 0.